The molecular weight excluding hydrogens is 288 g/mol. The number of hydrogen-bond donors (Lipinski definition) is 2. The first-order chi connectivity index (χ1) is 10.4. The normalized spacial score (nSPS) is 10.3. The maximum atomic E-state index is 12.1. The van der Waals surface area contributed by atoms with E-state index < -0.39 is 5.97 Å². The molecule has 0 fully saturated rings. The molecule has 0 unspecified atom stereocenters. The third-order valence-corrected chi connectivity index (χ3v) is 3.25. The van der Waals surface area contributed by atoms with E-state index in [2.05, 4.69) is 10.5 Å². The Balaban J connectivity index is 2.20. The maximum Gasteiger partial charge on any atom is 0.337 e. The molecule has 0 aliphatic heterocycles. The fourth-order valence-corrected chi connectivity index (χ4v) is 2.05. The SMILES string of the molecule is COc1ccc(NC(=O)Cc2c(C)noc2C)c(C(=O)O)c1. The highest BCUT2D eigenvalue weighted by Gasteiger charge is 2.17. The monoisotopic (exact) mass is 304 g/mol. The molecule has 2 aromatic rings. The number of anilines is 1. The summed E-state index contributed by atoms with van der Waals surface area (Å²) in [7, 11) is 1.44. The predicted molar refractivity (Wildman–Crippen MR) is 78.3 cm³/mol. The highest BCUT2D eigenvalue weighted by molar-refractivity contribution is 6.01. The zero-order valence-electron chi connectivity index (χ0n) is 12.5. The molecule has 0 bridgehead atoms. The summed E-state index contributed by atoms with van der Waals surface area (Å²) < 4.78 is 9.98. The van der Waals surface area contributed by atoms with Crippen molar-refractivity contribution < 1.29 is 24.0 Å². The number of aromatic nitrogens is 1. The lowest BCUT2D eigenvalue weighted by atomic mass is 10.1. The Morgan fingerprint density at radius 3 is 2.64 bits per heavy atom. The van der Waals surface area contributed by atoms with Crippen LogP contribution in [0.15, 0.2) is 22.7 Å². The van der Waals surface area contributed by atoms with E-state index in [1.165, 1.54) is 19.2 Å². The average molecular weight is 304 g/mol. The molecule has 2 rings (SSSR count). The average Bonchev–Trinajstić information content (AvgIpc) is 2.79. The van der Waals surface area contributed by atoms with Crippen molar-refractivity contribution in [2.75, 3.05) is 12.4 Å². The first-order valence-corrected chi connectivity index (χ1v) is 6.55. The predicted octanol–water partition coefficient (Wildman–Crippen LogP) is 2.18. The highest BCUT2D eigenvalue weighted by Crippen LogP contribution is 2.23. The Kier molecular flexibility index (Phi) is 4.45. The maximum absolute atomic E-state index is 12.1. The van der Waals surface area contributed by atoms with Gasteiger partial charge in [-0.3, -0.25) is 4.79 Å². The van der Waals surface area contributed by atoms with Crippen LogP contribution in [0, 0.1) is 13.8 Å². The van der Waals surface area contributed by atoms with Crippen LogP contribution in [0.5, 0.6) is 5.75 Å². The molecule has 0 radical (unpaired) electrons. The van der Waals surface area contributed by atoms with Gasteiger partial charge in [-0.25, -0.2) is 4.79 Å². The van der Waals surface area contributed by atoms with Crippen LogP contribution in [0.1, 0.15) is 27.4 Å². The summed E-state index contributed by atoms with van der Waals surface area (Å²) in [4.78, 5) is 23.4. The first-order valence-electron chi connectivity index (χ1n) is 6.55. The van der Waals surface area contributed by atoms with Gasteiger partial charge in [0.05, 0.1) is 30.5 Å². The number of rotatable bonds is 5. The number of carboxylic acids is 1. The van der Waals surface area contributed by atoms with Crippen molar-refractivity contribution in [1.82, 2.24) is 5.16 Å². The van der Waals surface area contributed by atoms with Crippen molar-refractivity contribution in [3.05, 3.63) is 40.8 Å². The van der Waals surface area contributed by atoms with Crippen molar-refractivity contribution in [3.8, 4) is 5.75 Å². The van der Waals surface area contributed by atoms with E-state index in [4.69, 9.17) is 9.26 Å². The van der Waals surface area contributed by atoms with E-state index in [1.807, 2.05) is 0 Å². The van der Waals surface area contributed by atoms with Gasteiger partial charge in [-0.2, -0.15) is 0 Å². The van der Waals surface area contributed by atoms with Gasteiger partial charge >= 0.3 is 5.97 Å². The molecule has 0 saturated carbocycles. The summed E-state index contributed by atoms with van der Waals surface area (Å²) in [5.74, 6) is -0.518. The smallest absolute Gasteiger partial charge is 0.337 e. The lowest BCUT2D eigenvalue weighted by Crippen LogP contribution is -2.17. The Bertz CT molecular complexity index is 701. The Morgan fingerprint density at radius 2 is 2.09 bits per heavy atom. The molecule has 1 aromatic heterocycles. The zero-order chi connectivity index (χ0) is 16.3. The number of aryl methyl sites for hydroxylation is 2. The third kappa shape index (κ3) is 3.25. The van der Waals surface area contributed by atoms with Crippen LogP contribution < -0.4 is 10.1 Å². The quantitative estimate of drug-likeness (QED) is 0.878. The number of nitrogens with one attached hydrogen (secondary N) is 1. The molecule has 1 amide bonds. The van der Waals surface area contributed by atoms with Crippen LogP contribution in [0.25, 0.3) is 0 Å². The minimum atomic E-state index is -1.15. The molecule has 7 heteroatoms. The minimum absolute atomic E-state index is 0.0357. The molecule has 0 spiro atoms. The Hall–Kier alpha value is -2.83. The summed E-state index contributed by atoms with van der Waals surface area (Å²) in [6.07, 6.45) is 0.0618. The number of carboxylic acid groups (broad SMARTS) is 1. The van der Waals surface area contributed by atoms with Crippen LogP contribution in [0.3, 0.4) is 0 Å². The fourth-order valence-electron chi connectivity index (χ4n) is 2.05. The molecule has 1 heterocycles. The van der Waals surface area contributed by atoms with Gasteiger partial charge < -0.3 is 19.7 Å². The summed E-state index contributed by atoms with van der Waals surface area (Å²) >= 11 is 0. The van der Waals surface area contributed by atoms with E-state index >= 15 is 0 Å². The summed E-state index contributed by atoms with van der Waals surface area (Å²) in [6.45, 7) is 3.47. The van der Waals surface area contributed by atoms with Crippen molar-refractivity contribution in [1.29, 1.82) is 0 Å². The molecule has 1 aromatic carbocycles. The van der Waals surface area contributed by atoms with Crippen LogP contribution in [-0.4, -0.2) is 29.2 Å². The van der Waals surface area contributed by atoms with Gasteiger partial charge in [-0.05, 0) is 32.0 Å². The van der Waals surface area contributed by atoms with Gasteiger partial charge in [0.1, 0.15) is 11.5 Å². The van der Waals surface area contributed by atoms with Crippen LogP contribution in [0.4, 0.5) is 5.69 Å². The van der Waals surface area contributed by atoms with Crippen molar-refractivity contribution in [2.24, 2.45) is 0 Å². The van der Waals surface area contributed by atoms with Gasteiger partial charge in [0.25, 0.3) is 0 Å². The second-order valence-electron chi connectivity index (χ2n) is 4.74. The van der Waals surface area contributed by atoms with Crippen LogP contribution >= 0.6 is 0 Å². The van der Waals surface area contributed by atoms with E-state index in [-0.39, 0.29) is 23.6 Å². The number of carbonyl (C=O) groups excluding carboxylic acids is 1. The zero-order valence-corrected chi connectivity index (χ0v) is 12.5. The summed E-state index contributed by atoms with van der Waals surface area (Å²) in [6, 6.07) is 4.43. The van der Waals surface area contributed by atoms with Gasteiger partial charge in [-0.15, -0.1) is 0 Å². The van der Waals surface area contributed by atoms with Crippen molar-refractivity contribution >= 4 is 17.6 Å². The second kappa shape index (κ2) is 6.30. The molecular formula is C15H16N2O5. The molecule has 2 N–H and O–H groups in total. The number of benzene rings is 1. The van der Waals surface area contributed by atoms with E-state index in [0.29, 0.717) is 22.8 Å². The molecule has 22 heavy (non-hydrogen) atoms. The fraction of sp³-hybridized carbons (Fsp3) is 0.267. The van der Waals surface area contributed by atoms with Crippen molar-refractivity contribution in [2.45, 2.75) is 20.3 Å². The number of ether oxygens (including phenoxy) is 1. The van der Waals surface area contributed by atoms with Crippen LogP contribution in [-0.2, 0) is 11.2 Å². The lowest BCUT2D eigenvalue weighted by molar-refractivity contribution is -0.115. The number of amides is 1. The standard InChI is InChI=1S/C15H16N2O5/c1-8-11(9(2)22-17-8)7-14(18)16-13-5-4-10(21-3)6-12(13)15(19)20/h4-6H,7H2,1-3H3,(H,16,18)(H,19,20). The van der Waals surface area contributed by atoms with E-state index in [1.54, 1.807) is 19.9 Å². The second-order valence-corrected chi connectivity index (χ2v) is 4.74. The molecule has 0 saturated heterocycles. The van der Waals surface area contributed by atoms with Gasteiger partial charge in [-0.1, -0.05) is 5.16 Å². The summed E-state index contributed by atoms with van der Waals surface area (Å²) in [5, 5.41) is 15.6. The number of methoxy groups -OCH3 is 1. The number of nitrogens with zero attached hydrogens (tertiary/aromatic N) is 1. The molecule has 0 aliphatic rings. The Morgan fingerprint density at radius 1 is 1.36 bits per heavy atom. The van der Waals surface area contributed by atoms with Crippen molar-refractivity contribution in [3.63, 3.8) is 0 Å². The number of hydrogen-bond acceptors (Lipinski definition) is 5. The lowest BCUT2D eigenvalue weighted by Gasteiger charge is -2.10. The topological polar surface area (TPSA) is 102 Å². The molecule has 116 valence electrons. The molecule has 0 aliphatic carbocycles. The largest absolute Gasteiger partial charge is 0.497 e. The molecule has 0 atom stereocenters. The molecule has 7 nitrogen and oxygen atoms in total. The van der Waals surface area contributed by atoms with E-state index in [0.717, 1.165) is 0 Å². The van der Waals surface area contributed by atoms with Gasteiger partial charge in [0, 0.05) is 5.56 Å². The van der Waals surface area contributed by atoms with Gasteiger partial charge in [0.2, 0.25) is 5.91 Å². The highest BCUT2D eigenvalue weighted by atomic mass is 16.5. The first kappa shape index (κ1) is 15.6. The van der Waals surface area contributed by atoms with E-state index in [9.17, 15) is 14.7 Å². The van der Waals surface area contributed by atoms with Gasteiger partial charge in [0.15, 0.2) is 0 Å². The summed E-state index contributed by atoms with van der Waals surface area (Å²) in [5.41, 5.74) is 1.51. The number of aromatic carboxylic acids is 1. The third-order valence-electron chi connectivity index (χ3n) is 3.25. The van der Waals surface area contributed by atoms with Crippen LogP contribution in [0.2, 0.25) is 0 Å². The number of carbonyl (C=O) groups is 2. The Labute approximate surface area is 126 Å². The minimum Gasteiger partial charge on any atom is -0.497 e.